The highest BCUT2D eigenvalue weighted by Crippen LogP contribution is 2.29. The number of H-pyrrole nitrogens is 1. The minimum absolute atomic E-state index is 0.0197. The second-order valence-electron chi connectivity index (χ2n) is 5.45. The van der Waals surface area contributed by atoms with Crippen LogP contribution >= 0.6 is 0 Å². The lowest BCUT2D eigenvalue weighted by Gasteiger charge is -2.20. The summed E-state index contributed by atoms with van der Waals surface area (Å²) in [7, 11) is 1.84. The Labute approximate surface area is 110 Å². The smallest absolute Gasteiger partial charge is 0.232 e. The molecule has 1 aliphatic rings. The van der Waals surface area contributed by atoms with E-state index in [9.17, 15) is 4.79 Å². The number of fused-ring (bicyclic) bond motifs is 1. The van der Waals surface area contributed by atoms with Gasteiger partial charge in [0.25, 0.3) is 0 Å². The molecule has 3 rings (SSSR count). The molecular weight excluding hydrogens is 244 g/mol. The van der Waals surface area contributed by atoms with E-state index in [-0.39, 0.29) is 11.3 Å². The first-order valence-electron chi connectivity index (χ1n) is 6.41. The first-order valence-corrected chi connectivity index (χ1v) is 6.41. The number of nitrogens with zero attached hydrogens (tertiary/aromatic N) is 3. The number of nitrogens with one attached hydrogen (secondary N) is 3. The van der Waals surface area contributed by atoms with Gasteiger partial charge in [-0.25, -0.2) is 4.68 Å². The molecular formula is C12H18N6O. The summed E-state index contributed by atoms with van der Waals surface area (Å²) in [6.07, 6.45) is 0.849. The van der Waals surface area contributed by atoms with Crippen molar-refractivity contribution >= 4 is 22.8 Å². The topological polar surface area (TPSA) is 87.6 Å². The fraction of sp³-hybridized carbons (Fsp3) is 0.583. The number of anilines is 1. The van der Waals surface area contributed by atoms with Crippen molar-refractivity contribution in [2.24, 2.45) is 12.5 Å². The van der Waals surface area contributed by atoms with E-state index in [1.165, 1.54) is 0 Å². The van der Waals surface area contributed by atoms with E-state index in [1.807, 2.05) is 20.9 Å². The van der Waals surface area contributed by atoms with E-state index in [2.05, 4.69) is 25.9 Å². The largest absolute Gasteiger partial charge is 0.316 e. The Bertz CT molecular complexity index is 634. The Morgan fingerprint density at radius 3 is 3.00 bits per heavy atom. The lowest BCUT2D eigenvalue weighted by molar-refractivity contribution is -0.123. The summed E-state index contributed by atoms with van der Waals surface area (Å²) in [6.45, 7) is 5.48. The highest BCUT2D eigenvalue weighted by molar-refractivity contribution is 6.02. The molecule has 1 unspecified atom stereocenters. The fourth-order valence-corrected chi connectivity index (χ4v) is 2.60. The second-order valence-corrected chi connectivity index (χ2v) is 5.45. The monoisotopic (exact) mass is 262 g/mol. The van der Waals surface area contributed by atoms with Crippen molar-refractivity contribution in [2.75, 3.05) is 18.4 Å². The molecule has 2 aromatic heterocycles. The predicted octanol–water partition coefficient (Wildman–Crippen LogP) is 0.543. The van der Waals surface area contributed by atoms with E-state index in [4.69, 9.17) is 0 Å². The van der Waals surface area contributed by atoms with Crippen LogP contribution in [-0.2, 0) is 11.8 Å². The zero-order chi connectivity index (χ0) is 13.6. The molecule has 102 valence electrons. The quantitative estimate of drug-likeness (QED) is 0.737. The van der Waals surface area contributed by atoms with Crippen LogP contribution in [0.2, 0.25) is 0 Å². The molecule has 0 bridgehead atoms. The van der Waals surface area contributed by atoms with Crippen LogP contribution in [0.5, 0.6) is 0 Å². The van der Waals surface area contributed by atoms with Gasteiger partial charge in [0.15, 0.2) is 5.65 Å². The number of carbonyl (C=O) groups excluding carboxylic acids is 1. The number of aromatic nitrogens is 4. The van der Waals surface area contributed by atoms with E-state index in [0.29, 0.717) is 12.4 Å². The minimum atomic E-state index is -0.354. The van der Waals surface area contributed by atoms with Gasteiger partial charge in [-0.15, -0.1) is 0 Å². The van der Waals surface area contributed by atoms with Crippen LogP contribution in [0.4, 0.5) is 5.82 Å². The second kappa shape index (κ2) is 4.06. The number of rotatable bonds is 2. The first kappa shape index (κ1) is 12.2. The Balaban J connectivity index is 1.91. The number of hydrogen-bond acceptors (Lipinski definition) is 4. The fourth-order valence-electron chi connectivity index (χ4n) is 2.60. The number of aryl methyl sites for hydroxylation is 2. The summed E-state index contributed by atoms with van der Waals surface area (Å²) in [6, 6.07) is 0. The molecule has 7 heteroatoms. The SMILES string of the molecule is Cc1nn(C)c2n[nH]c(NC(=O)C3(C)CCNC3)c12. The summed E-state index contributed by atoms with van der Waals surface area (Å²) < 4.78 is 1.70. The predicted molar refractivity (Wildman–Crippen MR) is 71.8 cm³/mol. The van der Waals surface area contributed by atoms with Crippen LogP contribution in [0, 0.1) is 12.3 Å². The average molecular weight is 262 g/mol. The van der Waals surface area contributed by atoms with Crippen molar-refractivity contribution in [3.05, 3.63) is 5.69 Å². The van der Waals surface area contributed by atoms with Gasteiger partial charge in [-0.05, 0) is 26.8 Å². The van der Waals surface area contributed by atoms with Crippen molar-refractivity contribution in [3.63, 3.8) is 0 Å². The number of aromatic amines is 1. The van der Waals surface area contributed by atoms with Gasteiger partial charge in [0.1, 0.15) is 5.82 Å². The molecule has 1 amide bonds. The van der Waals surface area contributed by atoms with Gasteiger partial charge in [-0.1, -0.05) is 0 Å². The standard InChI is InChI=1S/C12H18N6O/c1-7-8-9(15-16-10(8)18(3)17-7)14-11(19)12(2)4-5-13-6-12/h13H,4-6H2,1-3H3,(H2,14,15,16,19). The van der Waals surface area contributed by atoms with Gasteiger partial charge < -0.3 is 10.6 Å². The van der Waals surface area contributed by atoms with Crippen molar-refractivity contribution in [1.82, 2.24) is 25.3 Å². The van der Waals surface area contributed by atoms with E-state index in [0.717, 1.165) is 29.7 Å². The van der Waals surface area contributed by atoms with Gasteiger partial charge in [-0.2, -0.15) is 10.2 Å². The maximum absolute atomic E-state index is 12.4. The van der Waals surface area contributed by atoms with Gasteiger partial charge >= 0.3 is 0 Å². The van der Waals surface area contributed by atoms with Crippen molar-refractivity contribution in [1.29, 1.82) is 0 Å². The Morgan fingerprint density at radius 1 is 1.53 bits per heavy atom. The zero-order valence-corrected chi connectivity index (χ0v) is 11.4. The number of amides is 1. The maximum Gasteiger partial charge on any atom is 0.232 e. The molecule has 1 atom stereocenters. The van der Waals surface area contributed by atoms with Gasteiger partial charge in [0.05, 0.1) is 16.5 Å². The number of carbonyl (C=O) groups is 1. The third-order valence-corrected chi connectivity index (χ3v) is 3.87. The molecule has 0 spiro atoms. The molecule has 3 heterocycles. The van der Waals surface area contributed by atoms with Crippen LogP contribution < -0.4 is 10.6 Å². The molecule has 1 fully saturated rings. The van der Waals surface area contributed by atoms with Crippen LogP contribution in [0.25, 0.3) is 11.0 Å². The Morgan fingerprint density at radius 2 is 2.32 bits per heavy atom. The molecule has 3 N–H and O–H groups in total. The lowest BCUT2D eigenvalue weighted by atomic mass is 9.89. The molecule has 7 nitrogen and oxygen atoms in total. The summed E-state index contributed by atoms with van der Waals surface area (Å²) >= 11 is 0. The highest BCUT2D eigenvalue weighted by atomic mass is 16.2. The van der Waals surface area contributed by atoms with Gasteiger partial charge in [0.2, 0.25) is 5.91 Å². The zero-order valence-electron chi connectivity index (χ0n) is 11.4. The maximum atomic E-state index is 12.4. The van der Waals surface area contributed by atoms with Crippen molar-refractivity contribution < 1.29 is 4.79 Å². The average Bonchev–Trinajstić information content (AvgIpc) is 3.01. The molecule has 1 aliphatic heterocycles. The normalized spacial score (nSPS) is 23.1. The summed E-state index contributed by atoms with van der Waals surface area (Å²) in [5, 5.41) is 18.4. The van der Waals surface area contributed by atoms with Crippen molar-refractivity contribution in [3.8, 4) is 0 Å². The van der Waals surface area contributed by atoms with Crippen LogP contribution in [0.1, 0.15) is 19.0 Å². The molecule has 0 aromatic carbocycles. The molecule has 1 saturated heterocycles. The van der Waals surface area contributed by atoms with E-state index in [1.54, 1.807) is 4.68 Å². The van der Waals surface area contributed by atoms with Crippen LogP contribution in [-0.4, -0.2) is 39.0 Å². The number of hydrogen-bond donors (Lipinski definition) is 3. The molecule has 0 radical (unpaired) electrons. The summed E-state index contributed by atoms with van der Waals surface area (Å²) in [5.74, 6) is 0.657. The minimum Gasteiger partial charge on any atom is -0.316 e. The van der Waals surface area contributed by atoms with Crippen LogP contribution in [0.3, 0.4) is 0 Å². The van der Waals surface area contributed by atoms with Gasteiger partial charge in [0, 0.05) is 13.6 Å². The summed E-state index contributed by atoms with van der Waals surface area (Å²) in [5.41, 5.74) is 1.26. The third kappa shape index (κ3) is 1.81. The Hall–Kier alpha value is -1.89. The van der Waals surface area contributed by atoms with Crippen molar-refractivity contribution in [2.45, 2.75) is 20.3 Å². The third-order valence-electron chi connectivity index (χ3n) is 3.87. The first-order chi connectivity index (χ1) is 9.01. The molecule has 2 aromatic rings. The summed E-state index contributed by atoms with van der Waals surface area (Å²) in [4.78, 5) is 12.4. The molecule has 0 saturated carbocycles. The highest BCUT2D eigenvalue weighted by Gasteiger charge is 2.36. The molecule has 19 heavy (non-hydrogen) atoms. The van der Waals surface area contributed by atoms with E-state index < -0.39 is 0 Å². The molecule has 0 aliphatic carbocycles. The lowest BCUT2D eigenvalue weighted by Crippen LogP contribution is -2.35. The van der Waals surface area contributed by atoms with Gasteiger partial charge in [-0.3, -0.25) is 9.89 Å². The van der Waals surface area contributed by atoms with Crippen LogP contribution in [0.15, 0.2) is 0 Å². The van der Waals surface area contributed by atoms with E-state index >= 15 is 0 Å². The Kier molecular flexibility index (Phi) is 2.60.